The lowest BCUT2D eigenvalue weighted by Gasteiger charge is -2.29. The highest BCUT2D eigenvalue weighted by atomic mass is 16.5. The minimum Gasteiger partial charge on any atom is -0.465 e. The molecule has 5 heteroatoms. The van der Waals surface area contributed by atoms with Crippen molar-refractivity contribution in [3.8, 4) is 0 Å². The van der Waals surface area contributed by atoms with Crippen LogP contribution in [0.2, 0.25) is 0 Å². The van der Waals surface area contributed by atoms with E-state index in [-0.39, 0.29) is 29.4 Å². The summed E-state index contributed by atoms with van der Waals surface area (Å²) in [5.41, 5.74) is -0.163. The van der Waals surface area contributed by atoms with E-state index in [1.807, 2.05) is 0 Å². The monoisotopic (exact) mass is 263 g/mol. The summed E-state index contributed by atoms with van der Waals surface area (Å²) in [7, 11) is 1.29. The predicted octanol–water partition coefficient (Wildman–Crippen LogP) is 1.52. The Hall–Kier alpha value is -1.62. The first-order valence-electron chi connectivity index (χ1n) is 6.64. The third kappa shape index (κ3) is 2.18. The van der Waals surface area contributed by atoms with Crippen molar-refractivity contribution in [2.45, 2.75) is 43.9 Å². The molecular weight excluding hydrogens is 246 g/mol. The van der Waals surface area contributed by atoms with Crippen LogP contribution in [-0.2, 0) is 9.47 Å². The van der Waals surface area contributed by atoms with Crippen LogP contribution in [0.5, 0.6) is 0 Å². The number of rotatable bonds is 2. The molecule has 102 valence electrons. The first kappa shape index (κ1) is 12.4. The largest absolute Gasteiger partial charge is 0.465 e. The Morgan fingerprint density at radius 1 is 1.37 bits per heavy atom. The van der Waals surface area contributed by atoms with Crippen LogP contribution in [0.15, 0.2) is 23.1 Å². The summed E-state index contributed by atoms with van der Waals surface area (Å²) >= 11 is 0. The highest BCUT2D eigenvalue weighted by Gasteiger charge is 2.36. The Morgan fingerprint density at radius 3 is 2.68 bits per heavy atom. The molecule has 3 atom stereocenters. The number of carbonyl (C=O) groups excluding carboxylic acids is 1. The van der Waals surface area contributed by atoms with E-state index in [4.69, 9.17) is 4.74 Å². The molecule has 2 saturated heterocycles. The third-order valence-electron chi connectivity index (χ3n) is 4.04. The maximum atomic E-state index is 12.3. The standard InChI is InChI=1S/C14H17NO4/c1-18-14(17)12-3-2-6-15(13(12)16)9-7-10-4-5-11(8-9)19-10/h2-3,6,9-11H,4-5,7-8H2,1H3/t9?,10-,11+. The fourth-order valence-corrected chi connectivity index (χ4v) is 3.12. The van der Waals surface area contributed by atoms with Crippen LogP contribution in [0.1, 0.15) is 42.1 Å². The van der Waals surface area contributed by atoms with Gasteiger partial charge in [-0.25, -0.2) is 4.79 Å². The first-order valence-corrected chi connectivity index (χ1v) is 6.64. The third-order valence-corrected chi connectivity index (χ3v) is 4.04. The van der Waals surface area contributed by atoms with E-state index in [0.717, 1.165) is 25.7 Å². The molecule has 1 unspecified atom stereocenters. The van der Waals surface area contributed by atoms with Crippen LogP contribution in [0.25, 0.3) is 0 Å². The zero-order valence-electron chi connectivity index (χ0n) is 10.9. The molecule has 1 aromatic rings. The molecule has 0 saturated carbocycles. The van der Waals surface area contributed by atoms with Crippen LogP contribution < -0.4 is 5.56 Å². The maximum Gasteiger partial charge on any atom is 0.343 e. The van der Waals surface area contributed by atoms with E-state index in [2.05, 4.69) is 4.74 Å². The number of fused-ring (bicyclic) bond motifs is 2. The van der Waals surface area contributed by atoms with Gasteiger partial charge in [0.05, 0.1) is 19.3 Å². The van der Waals surface area contributed by atoms with Crippen molar-refractivity contribution in [2.75, 3.05) is 7.11 Å². The smallest absolute Gasteiger partial charge is 0.343 e. The second kappa shape index (κ2) is 4.81. The number of esters is 1. The lowest BCUT2D eigenvalue weighted by molar-refractivity contribution is -0.0165. The van der Waals surface area contributed by atoms with Crippen LogP contribution in [-0.4, -0.2) is 29.9 Å². The highest BCUT2D eigenvalue weighted by molar-refractivity contribution is 5.88. The summed E-state index contributed by atoms with van der Waals surface area (Å²) < 4.78 is 12.1. The molecule has 3 heterocycles. The molecule has 2 aliphatic rings. The van der Waals surface area contributed by atoms with Gasteiger partial charge in [0.25, 0.3) is 5.56 Å². The Kier molecular flexibility index (Phi) is 3.14. The van der Waals surface area contributed by atoms with Gasteiger partial charge in [0, 0.05) is 12.2 Å². The average Bonchev–Trinajstić information content (AvgIpc) is 2.77. The Bertz CT molecular complexity index is 539. The van der Waals surface area contributed by atoms with Crippen LogP contribution in [0, 0.1) is 0 Å². The van der Waals surface area contributed by atoms with Gasteiger partial charge < -0.3 is 14.0 Å². The lowest BCUT2D eigenvalue weighted by atomic mass is 10.0. The predicted molar refractivity (Wildman–Crippen MR) is 68.2 cm³/mol. The van der Waals surface area contributed by atoms with Crippen LogP contribution in [0.4, 0.5) is 0 Å². The zero-order valence-corrected chi connectivity index (χ0v) is 10.9. The van der Waals surface area contributed by atoms with Gasteiger partial charge in [0.15, 0.2) is 0 Å². The zero-order chi connectivity index (χ0) is 13.4. The summed E-state index contributed by atoms with van der Waals surface area (Å²) in [5.74, 6) is -0.575. The lowest BCUT2D eigenvalue weighted by Crippen LogP contribution is -2.35. The molecule has 5 nitrogen and oxygen atoms in total. The van der Waals surface area contributed by atoms with Gasteiger partial charge in [0.2, 0.25) is 0 Å². The van der Waals surface area contributed by atoms with Gasteiger partial charge in [-0.15, -0.1) is 0 Å². The Morgan fingerprint density at radius 2 is 2.05 bits per heavy atom. The van der Waals surface area contributed by atoms with Crippen molar-refractivity contribution in [3.05, 3.63) is 34.2 Å². The van der Waals surface area contributed by atoms with E-state index in [1.165, 1.54) is 13.2 Å². The molecule has 2 fully saturated rings. The number of carbonyl (C=O) groups is 1. The summed E-state index contributed by atoms with van der Waals surface area (Å²) in [6, 6.07) is 3.37. The quantitative estimate of drug-likeness (QED) is 0.759. The molecule has 0 spiro atoms. The molecule has 3 rings (SSSR count). The van der Waals surface area contributed by atoms with Gasteiger partial charge in [-0.1, -0.05) is 0 Å². The summed E-state index contributed by atoms with van der Waals surface area (Å²) in [6.45, 7) is 0. The molecule has 0 aliphatic carbocycles. The molecule has 2 bridgehead atoms. The second-order valence-corrected chi connectivity index (χ2v) is 5.21. The van der Waals surface area contributed by atoms with Crippen molar-refractivity contribution in [1.29, 1.82) is 0 Å². The van der Waals surface area contributed by atoms with E-state index in [1.54, 1.807) is 16.8 Å². The SMILES string of the molecule is COC(=O)c1cccn(C2C[C@H]3CC[C@@H](C2)O3)c1=O. The Labute approximate surface area is 111 Å². The second-order valence-electron chi connectivity index (χ2n) is 5.21. The average molecular weight is 263 g/mol. The fraction of sp³-hybridized carbons (Fsp3) is 0.571. The fourth-order valence-electron chi connectivity index (χ4n) is 3.12. The molecule has 0 N–H and O–H groups in total. The Balaban J connectivity index is 1.93. The number of hydrogen-bond donors (Lipinski definition) is 0. The molecule has 0 radical (unpaired) electrons. The van der Waals surface area contributed by atoms with Gasteiger partial charge in [0.1, 0.15) is 5.56 Å². The number of pyridine rings is 1. The normalized spacial score (nSPS) is 29.2. The van der Waals surface area contributed by atoms with Crippen molar-refractivity contribution in [3.63, 3.8) is 0 Å². The summed E-state index contributed by atoms with van der Waals surface area (Å²) in [5, 5.41) is 0. The van der Waals surface area contributed by atoms with Gasteiger partial charge in [-0.3, -0.25) is 4.79 Å². The first-order chi connectivity index (χ1) is 9.19. The molecule has 2 aliphatic heterocycles. The number of hydrogen-bond acceptors (Lipinski definition) is 4. The molecule has 0 amide bonds. The minimum absolute atomic E-state index is 0.101. The molecule has 0 aromatic carbocycles. The van der Waals surface area contributed by atoms with E-state index in [0.29, 0.717) is 0 Å². The minimum atomic E-state index is -0.575. The highest BCUT2D eigenvalue weighted by Crippen LogP contribution is 2.37. The van der Waals surface area contributed by atoms with Crippen molar-refractivity contribution < 1.29 is 14.3 Å². The van der Waals surface area contributed by atoms with E-state index in [9.17, 15) is 9.59 Å². The maximum absolute atomic E-state index is 12.3. The van der Waals surface area contributed by atoms with Crippen molar-refractivity contribution >= 4 is 5.97 Å². The topological polar surface area (TPSA) is 57.5 Å². The molecule has 19 heavy (non-hydrogen) atoms. The van der Waals surface area contributed by atoms with E-state index < -0.39 is 5.97 Å². The van der Waals surface area contributed by atoms with Gasteiger partial charge in [-0.2, -0.15) is 0 Å². The number of ether oxygens (including phenoxy) is 2. The summed E-state index contributed by atoms with van der Waals surface area (Å²) in [4.78, 5) is 23.9. The van der Waals surface area contributed by atoms with Crippen LogP contribution >= 0.6 is 0 Å². The number of nitrogens with zero attached hydrogens (tertiary/aromatic N) is 1. The molecule has 1 aromatic heterocycles. The van der Waals surface area contributed by atoms with Crippen LogP contribution in [0.3, 0.4) is 0 Å². The number of methoxy groups -OCH3 is 1. The molecular formula is C14H17NO4. The van der Waals surface area contributed by atoms with Crippen molar-refractivity contribution in [2.24, 2.45) is 0 Å². The van der Waals surface area contributed by atoms with Crippen molar-refractivity contribution in [1.82, 2.24) is 4.57 Å². The summed E-state index contributed by atoms with van der Waals surface area (Å²) in [6.07, 6.45) is 6.13. The number of aromatic nitrogens is 1. The van der Waals surface area contributed by atoms with Gasteiger partial charge in [-0.05, 0) is 37.8 Å². The van der Waals surface area contributed by atoms with E-state index >= 15 is 0 Å². The van der Waals surface area contributed by atoms with Gasteiger partial charge >= 0.3 is 5.97 Å².